The lowest BCUT2D eigenvalue weighted by Crippen LogP contribution is -2.50. The predicted molar refractivity (Wildman–Crippen MR) is 108 cm³/mol. The number of ether oxygens (including phenoxy) is 1. The number of hydrogen-bond donors (Lipinski definition) is 1. The molecule has 150 valence electrons. The molecule has 9 heteroatoms. The summed E-state index contributed by atoms with van der Waals surface area (Å²) in [6, 6.07) is 13.4. The molecule has 0 bridgehead atoms. The molecule has 2 aromatic carbocycles. The normalized spacial score (nSPS) is 15.9. The fourth-order valence-corrected chi connectivity index (χ4v) is 4.59. The molecule has 3 rings (SSSR count). The highest BCUT2D eigenvalue weighted by atomic mass is 35.5. The van der Waals surface area contributed by atoms with Crippen molar-refractivity contribution in [2.45, 2.75) is 4.90 Å². The third kappa shape index (κ3) is 4.82. The van der Waals surface area contributed by atoms with Crippen LogP contribution in [0.15, 0.2) is 53.4 Å². The smallest absolute Gasteiger partial charge is 0.243 e. The van der Waals surface area contributed by atoms with Crippen LogP contribution in [0.1, 0.15) is 0 Å². The highest BCUT2D eigenvalue weighted by molar-refractivity contribution is 7.89. The Balaban J connectivity index is 1.55. The van der Waals surface area contributed by atoms with Crippen molar-refractivity contribution in [3.05, 3.63) is 53.6 Å². The van der Waals surface area contributed by atoms with Crippen molar-refractivity contribution in [1.29, 1.82) is 0 Å². The quantitative estimate of drug-likeness (QED) is 0.771. The van der Waals surface area contributed by atoms with Crippen LogP contribution in [0.25, 0.3) is 0 Å². The summed E-state index contributed by atoms with van der Waals surface area (Å²) in [5.74, 6) is 0.424. The van der Waals surface area contributed by atoms with Crippen LogP contribution in [0, 0.1) is 0 Å². The number of carbonyl (C=O) groups excluding carboxylic acids is 1. The van der Waals surface area contributed by atoms with E-state index in [0.717, 1.165) is 0 Å². The molecule has 0 saturated carbocycles. The van der Waals surface area contributed by atoms with Gasteiger partial charge in [0.2, 0.25) is 15.9 Å². The molecule has 1 aliphatic heterocycles. The van der Waals surface area contributed by atoms with Crippen molar-refractivity contribution in [3.63, 3.8) is 0 Å². The molecule has 0 radical (unpaired) electrons. The number of nitrogens with one attached hydrogen (secondary N) is 1. The van der Waals surface area contributed by atoms with Crippen molar-refractivity contribution in [2.75, 3.05) is 45.2 Å². The molecule has 0 atom stereocenters. The summed E-state index contributed by atoms with van der Waals surface area (Å²) < 4.78 is 32.0. The zero-order chi connectivity index (χ0) is 20.1. The standard InChI is InChI=1S/C19H22ClN3O4S/c1-27-15-6-8-16(9-7-15)28(25,26)23-12-10-22(11-13-23)14-19(24)21-18-5-3-2-4-17(18)20/h2-9H,10-14H2,1H3,(H,21,24). The lowest BCUT2D eigenvalue weighted by atomic mass is 10.3. The topological polar surface area (TPSA) is 79.0 Å². The Morgan fingerprint density at radius 3 is 2.32 bits per heavy atom. The number of rotatable bonds is 6. The van der Waals surface area contributed by atoms with E-state index in [-0.39, 0.29) is 17.3 Å². The molecule has 1 amide bonds. The second-order valence-corrected chi connectivity index (χ2v) is 8.73. The van der Waals surface area contributed by atoms with Crippen molar-refractivity contribution in [2.24, 2.45) is 0 Å². The molecule has 2 aromatic rings. The maximum atomic E-state index is 12.8. The van der Waals surface area contributed by atoms with Crippen LogP contribution in [0.3, 0.4) is 0 Å². The molecule has 7 nitrogen and oxygen atoms in total. The number of anilines is 1. The van der Waals surface area contributed by atoms with Crippen LogP contribution in [0.2, 0.25) is 5.02 Å². The first-order valence-electron chi connectivity index (χ1n) is 8.81. The van der Waals surface area contributed by atoms with Crippen LogP contribution in [-0.2, 0) is 14.8 Å². The fourth-order valence-electron chi connectivity index (χ4n) is 2.98. The monoisotopic (exact) mass is 423 g/mol. The summed E-state index contributed by atoms with van der Waals surface area (Å²) in [7, 11) is -2.03. The molecule has 0 aromatic heterocycles. The minimum atomic E-state index is -3.56. The van der Waals surface area contributed by atoms with Gasteiger partial charge in [-0.05, 0) is 36.4 Å². The van der Waals surface area contributed by atoms with Crippen molar-refractivity contribution in [1.82, 2.24) is 9.21 Å². The first-order valence-corrected chi connectivity index (χ1v) is 10.6. The molecule has 1 N–H and O–H groups in total. The van der Waals surface area contributed by atoms with Gasteiger partial charge in [-0.15, -0.1) is 0 Å². The van der Waals surface area contributed by atoms with Crippen LogP contribution >= 0.6 is 11.6 Å². The molecule has 1 fully saturated rings. The highest BCUT2D eigenvalue weighted by Gasteiger charge is 2.29. The zero-order valence-corrected chi connectivity index (χ0v) is 17.0. The maximum absolute atomic E-state index is 12.8. The van der Waals surface area contributed by atoms with E-state index < -0.39 is 10.0 Å². The minimum absolute atomic E-state index is 0.181. The number of hydrogen-bond acceptors (Lipinski definition) is 5. The minimum Gasteiger partial charge on any atom is -0.497 e. The number of nitrogens with zero attached hydrogens (tertiary/aromatic N) is 2. The van der Waals surface area contributed by atoms with Gasteiger partial charge in [0.05, 0.1) is 29.3 Å². The molecular weight excluding hydrogens is 402 g/mol. The number of amides is 1. The van der Waals surface area contributed by atoms with Crippen molar-refractivity contribution < 1.29 is 17.9 Å². The Morgan fingerprint density at radius 2 is 1.71 bits per heavy atom. The Labute approximate surface area is 169 Å². The van der Waals surface area contributed by atoms with Crippen LogP contribution in [-0.4, -0.2) is 63.4 Å². The van der Waals surface area contributed by atoms with Gasteiger partial charge in [-0.2, -0.15) is 4.31 Å². The van der Waals surface area contributed by atoms with Gasteiger partial charge in [-0.3, -0.25) is 9.69 Å². The van der Waals surface area contributed by atoms with Gasteiger partial charge in [0.1, 0.15) is 5.75 Å². The predicted octanol–water partition coefficient (Wildman–Crippen LogP) is 2.29. The van der Waals surface area contributed by atoms with Gasteiger partial charge in [0.15, 0.2) is 0 Å². The summed E-state index contributed by atoms with van der Waals surface area (Å²) in [5.41, 5.74) is 0.565. The van der Waals surface area contributed by atoms with Crippen molar-refractivity contribution >= 4 is 33.2 Å². The maximum Gasteiger partial charge on any atom is 0.243 e. The second kappa shape index (κ2) is 8.91. The van der Waals surface area contributed by atoms with E-state index >= 15 is 0 Å². The Bertz CT molecular complexity index is 926. The largest absolute Gasteiger partial charge is 0.497 e. The zero-order valence-electron chi connectivity index (χ0n) is 15.5. The van der Waals surface area contributed by atoms with E-state index in [1.165, 1.54) is 23.5 Å². The average Bonchev–Trinajstić information content (AvgIpc) is 2.70. The SMILES string of the molecule is COc1ccc(S(=O)(=O)N2CCN(CC(=O)Nc3ccccc3Cl)CC2)cc1. The van der Waals surface area contributed by atoms with Gasteiger partial charge < -0.3 is 10.1 Å². The molecule has 1 aliphatic rings. The molecule has 0 aliphatic carbocycles. The number of sulfonamides is 1. The van der Waals surface area contributed by atoms with Crippen LogP contribution < -0.4 is 10.1 Å². The number of halogens is 1. The van der Waals surface area contributed by atoms with Gasteiger partial charge >= 0.3 is 0 Å². The molecule has 0 unspecified atom stereocenters. The van der Waals surface area contributed by atoms with Crippen molar-refractivity contribution in [3.8, 4) is 5.75 Å². The average molecular weight is 424 g/mol. The second-order valence-electron chi connectivity index (χ2n) is 6.38. The number of piperazine rings is 1. The fraction of sp³-hybridized carbons (Fsp3) is 0.316. The molecule has 1 saturated heterocycles. The molecule has 28 heavy (non-hydrogen) atoms. The summed E-state index contributed by atoms with van der Waals surface area (Å²) in [4.78, 5) is 14.4. The Morgan fingerprint density at radius 1 is 1.07 bits per heavy atom. The van der Waals surface area contributed by atoms with E-state index in [2.05, 4.69) is 5.32 Å². The van der Waals surface area contributed by atoms with E-state index in [9.17, 15) is 13.2 Å². The first kappa shape index (κ1) is 20.6. The summed E-state index contributed by atoms with van der Waals surface area (Å²) in [5, 5.41) is 3.26. The van der Waals surface area contributed by atoms with Gasteiger partial charge in [0.25, 0.3) is 0 Å². The number of para-hydroxylation sites is 1. The number of methoxy groups -OCH3 is 1. The number of carbonyl (C=O) groups is 1. The van der Waals surface area contributed by atoms with Gasteiger partial charge in [-0.1, -0.05) is 23.7 Å². The van der Waals surface area contributed by atoms with Gasteiger partial charge in [-0.25, -0.2) is 8.42 Å². The molecule has 1 heterocycles. The summed E-state index contributed by atoms with van der Waals surface area (Å²) in [6.45, 7) is 1.79. The third-order valence-corrected chi connectivity index (χ3v) is 6.79. The van der Waals surface area contributed by atoms with E-state index in [4.69, 9.17) is 16.3 Å². The highest BCUT2D eigenvalue weighted by Crippen LogP contribution is 2.22. The Hall–Kier alpha value is -2.13. The lowest BCUT2D eigenvalue weighted by Gasteiger charge is -2.33. The molecule has 0 spiro atoms. The number of benzene rings is 2. The van der Waals surface area contributed by atoms with E-state index in [0.29, 0.717) is 42.6 Å². The van der Waals surface area contributed by atoms with E-state index in [1.807, 2.05) is 4.90 Å². The van der Waals surface area contributed by atoms with Gasteiger partial charge in [0, 0.05) is 26.2 Å². The molecular formula is C19H22ClN3O4S. The van der Waals surface area contributed by atoms with Crippen LogP contribution in [0.4, 0.5) is 5.69 Å². The summed E-state index contributed by atoms with van der Waals surface area (Å²) >= 11 is 6.05. The Kier molecular flexibility index (Phi) is 6.56. The summed E-state index contributed by atoms with van der Waals surface area (Å²) in [6.07, 6.45) is 0. The lowest BCUT2D eigenvalue weighted by molar-refractivity contribution is -0.117. The first-order chi connectivity index (χ1) is 13.4. The van der Waals surface area contributed by atoms with E-state index in [1.54, 1.807) is 36.4 Å². The van der Waals surface area contributed by atoms with Crippen LogP contribution in [0.5, 0.6) is 5.75 Å². The third-order valence-electron chi connectivity index (χ3n) is 4.54.